The van der Waals surface area contributed by atoms with Crippen molar-refractivity contribution in [3.8, 4) is 11.4 Å². The van der Waals surface area contributed by atoms with Crippen LogP contribution in [0.2, 0.25) is 0 Å². The van der Waals surface area contributed by atoms with Crippen molar-refractivity contribution < 1.29 is 4.39 Å². The minimum absolute atomic E-state index is 0.251. The van der Waals surface area contributed by atoms with Crippen LogP contribution in [0.1, 0.15) is 6.92 Å². The molecule has 2 heterocycles. The van der Waals surface area contributed by atoms with Gasteiger partial charge in [-0.2, -0.15) is 4.98 Å². The Balaban J connectivity index is 1.81. The van der Waals surface area contributed by atoms with Gasteiger partial charge in [0.2, 0.25) is 5.95 Å². The average molecular weight is 261 g/mol. The molecule has 1 aromatic carbocycles. The topological polar surface area (TPSA) is 56.8 Å². The summed E-state index contributed by atoms with van der Waals surface area (Å²) >= 11 is 0. The molecular weight excluding hydrogens is 245 g/mol. The predicted octanol–water partition coefficient (Wildman–Crippen LogP) is 1.41. The smallest absolute Gasteiger partial charge is 0.245 e. The van der Waals surface area contributed by atoms with Gasteiger partial charge < -0.3 is 10.2 Å². The summed E-state index contributed by atoms with van der Waals surface area (Å²) in [6, 6.07) is 6.66. The van der Waals surface area contributed by atoms with Crippen LogP contribution < -0.4 is 10.2 Å². The lowest BCUT2D eigenvalue weighted by Crippen LogP contribution is -2.49. The number of hydrogen-bond donors (Lipinski definition) is 2. The number of piperazine rings is 1. The van der Waals surface area contributed by atoms with E-state index in [0.717, 1.165) is 25.2 Å². The van der Waals surface area contributed by atoms with E-state index in [1.165, 1.54) is 12.1 Å². The number of halogens is 1. The van der Waals surface area contributed by atoms with Crippen molar-refractivity contribution in [2.75, 3.05) is 24.5 Å². The number of benzene rings is 1. The number of H-pyrrole nitrogens is 1. The first-order valence-electron chi connectivity index (χ1n) is 6.39. The Morgan fingerprint density at radius 2 is 2.11 bits per heavy atom. The van der Waals surface area contributed by atoms with Crippen molar-refractivity contribution in [3.05, 3.63) is 30.1 Å². The fourth-order valence-corrected chi connectivity index (χ4v) is 2.25. The molecule has 5 nitrogen and oxygen atoms in total. The van der Waals surface area contributed by atoms with Crippen LogP contribution in [-0.2, 0) is 0 Å². The summed E-state index contributed by atoms with van der Waals surface area (Å²) in [7, 11) is 0. The third kappa shape index (κ3) is 2.58. The molecule has 1 aliphatic rings. The molecule has 6 heteroatoms. The van der Waals surface area contributed by atoms with Gasteiger partial charge in [-0.05, 0) is 31.2 Å². The largest absolute Gasteiger partial charge is 0.337 e. The SMILES string of the molecule is CC1CN(c2n[nH]c(-c3ccc(F)cc3)n2)CCN1. The van der Waals surface area contributed by atoms with Crippen molar-refractivity contribution in [1.29, 1.82) is 0 Å². The Morgan fingerprint density at radius 1 is 1.32 bits per heavy atom. The maximum absolute atomic E-state index is 12.9. The first kappa shape index (κ1) is 12.1. The molecule has 0 bridgehead atoms. The summed E-state index contributed by atoms with van der Waals surface area (Å²) in [5.41, 5.74) is 0.836. The van der Waals surface area contributed by atoms with Gasteiger partial charge in [0, 0.05) is 31.2 Å². The first-order valence-corrected chi connectivity index (χ1v) is 6.39. The number of anilines is 1. The molecule has 0 aliphatic carbocycles. The second kappa shape index (κ2) is 4.97. The van der Waals surface area contributed by atoms with Gasteiger partial charge in [-0.3, -0.25) is 5.10 Å². The minimum Gasteiger partial charge on any atom is -0.337 e. The van der Waals surface area contributed by atoms with Gasteiger partial charge >= 0.3 is 0 Å². The zero-order chi connectivity index (χ0) is 13.2. The summed E-state index contributed by atoms with van der Waals surface area (Å²) in [6.07, 6.45) is 0. The number of nitrogens with zero attached hydrogens (tertiary/aromatic N) is 3. The van der Waals surface area contributed by atoms with Crippen molar-refractivity contribution in [2.45, 2.75) is 13.0 Å². The summed E-state index contributed by atoms with van der Waals surface area (Å²) in [4.78, 5) is 6.62. The highest BCUT2D eigenvalue weighted by Crippen LogP contribution is 2.18. The summed E-state index contributed by atoms with van der Waals surface area (Å²) < 4.78 is 12.9. The zero-order valence-corrected chi connectivity index (χ0v) is 10.7. The van der Waals surface area contributed by atoms with Crippen LogP contribution in [0.25, 0.3) is 11.4 Å². The van der Waals surface area contributed by atoms with Gasteiger partial charge in [-0.25, -0.2) is 4.39 Å². The number of rotatable bonds is 2. The highest BCUT2D eigenvalue weighted by molar-refractivity contribution is 5.56. The standard InChI is InChI=1S/C13H16FN5/c1-9-8-19(7-6-15-9)13-16-12(17-18-13)10-2-4-11(14)5-3-10/h2-5,9,15H,6-8H2,1H3,(H,16,17,18). The third-order valence-electron chi connectivity index (χ3n) is 3.24. The number of aromatic nitrogens is 3. The second-order valence-corrected chi connectivity index (χ2v) is 4.79. The van der Waals surface area contributed by atoms with E-state index in [4.69, 9.17) is 0 Å². The summed E-state index contributed by atoms with van der Waals surface area (Å²) in [6.45, 7) is 4.85. The van der Waals surface area contributed by atoms with Crippen LogP contribution in [-0.4, -0.2) is 40.9 Å². The van der Waals surface area contributed by atoms with Crippen LogP contribution in [0, 0.1) is 5.82 Å². The molecule has 1 aliphatic heterocycles. The van der Waals surface area contributed by atoms with E-state index in [1.807, 2.05) is 0 Å². The van der Waals surface area contributed by atoms with Crippen molar-refractivity contribution in [2.24, 2.45) is 0 Å². The average Bonchev–Trinajstić information content (AvgIpc) is 2.89. The Bertz CT molecular complexity index is 550. The molecule has 1 atom stereocenters. The monoisotopic (exact) mass is 261 g/mol. The first-order chi connectivity index (χ1) is 9.22. The Morgan fingerprint density at radius 3 is 2.84 bits per heavy atom. The third-order valence-corrected chi connectivity index (χ3v) is 3.24. The predicted molar refractivity (Wildman–Crippen MR) is 71.5 cm³/mol. The van der Waals surface area contributed by atoms with E-state index in [9.17, 15) is 4.39 Å². The highest BCUT2D eigenvalue weighted by Gasteiger charge is 2.19. The maximum atomic E-state index is 12.9. The lowest BCUT2D eigenvalue weighted by molar-refractivity contribution is 0.480. The van der Waals surface area contributed by atoms with E-state index in [-0.39, 0.29) is 5.82 Å². The Kier molecular flexibility index (Phi) is 3.16. The second-order valence-electron chi connectivity index (χ2n) is 4.79. The molecular formula is C13H16FN5. The van der Waals surface area contributed by atoms with Gasteiger partial charge in [0.1, 0.15) is 5.82 Å². The fourth-order valence-electron chi connectivity index (χ4n) is 2.25. The highest BCUT2D eigenvalue weighted by atomic mass is 19.1. The summed E-state index contributed by atoms with van der Waals surface area (Å²) in [5.74, 6) is 1.12. The van der Waals surface area contributed by atoms with Crippen LogP contribution in [0.15, 0.2) is 24.3 Å². The maximum Gasteiger partial charge on any atom is 0.245 e. The van der Waals surface area contributed by atoms with E-state index in [0.29, 0.717) is 17.8 Å². The molecule has 0 spiro atoms. The molecule has 19 heavy (non-hydrogen) atoms. The molecule has 2 aromatic rings. The van der Waals surface area contributed by atoms with Gasteiger partial charge in [-0.1, -0.05) is 0 Å². The molecule has 1 saturated heterocycles. The van der Waals surface area contributed by atoms with E-state index in [1.54, 1.807) is 12.1 Å². The minimum atomic E-state index is -0.251. The van der Waals surface area contributed by atoms with Crippen LogP contribution in [0.3, 0.4) is 0 Å². The molecule has 0 radical (unpaired) electrons. The molecule has 100 valence electrons. The molecule has 1 aromatic heterocycles. The van der Waals surface area contributed by atoms with Crippen molar-refractivity contribution >= 4 is 5.95 Å². The molecule has 0 saturated carbocycles. The molecule has 1 unspecified atom stereocenters. The zero-order valence-electron chi connectivity index (χ0n) is 10.7. The molecule has 2 N–H and O–H groups in total. The molecule has 0 amide bonds. The molecule has 3 rings (SSSR count). The normalized spacial score (nSPS) is 19.7. The van der Waals surface area contributed by atoms with Gasteiger partial charge in [-0.15, -0.1) is 5.10 Å². The Labute approximate surface area is 110 Å². The van der Waals surface area contributed by atoms with E-state index < -0.39 is 0 Å². The number of hydrogen-bond acceptors (Lipinski definition) is 4. The van der Waals surface area contributed by atoms with Gasteiger partial charge in [0.25, 0.3) is 0 Å². The van der Waals surface area contributed by atoms with E-state index in [2.05, 4.69) is 32.3 Å². The van der Waals surface area contributed by atoms with Crippen molar-refractivity contribution in [1.82, 2.24) is 20.5 Å². The molecule has 1 fully saturated rings. The lowest BCUT2D eigenvalue weighted by atomic mass is 10.2. The number of aromatic amines is 1. The van der Waals surface area contributed by atoms with E-state index >= 15 is 0 Å². The van der Waals surface area contributed by atoms with Crippen molar-refractivity contribution in [3.63, 3.8) is 0 Å². The van der Waals surface area contributed by atoms with Crippen LogP contribution in [0.5, 0.6) is 0 Å². The Hall–Kier alpha value is -1.95. The fraction of sp³-hybridized carbons (Fsp3) is 0.385. The summed E-state index contributed by atoms with van der Waals surface area (Å²) in [5, 5.41) is 10.5. The van der Waals surface area contributed by atoms with Gasteiger partial charge in [0.15, 0.2) is 5.82 Å². The van der Waals surface area contributed by atoms with Crippen LogP contribution in [0.4, 0.5) is 10.3 Å². The van der Waals surface area contributed by atoms with Crippen LogP contribution >= 0.6 is 0 Å². The lowest BCUT2D eigenvalue weighted by Gasteiger charge is -2.30. The van der Waals surface area contributed by atoms with Gasteiger partial charge in [0.05, 0.1) is 0 Å². The quantitative estimate of drug-likeness (QED) is 0.858. The number of nitrogens with one attached hydrogen (secondary N) is 2.